The van der Waals surface area contributed by atoms with E-state index in [1.807, 2.05) is 0 Å². The molecule has 0 radical (unpaired) electrons. The van der Waals surface area contributed by atoms with Crippen molar-refractivity contribution in [1.82, 2.24) is 10.2 Å². The van der Waals surface area contributed by atoms with Gasteiger partial charge in [-0.15, -0.1) is 0 Å². The highest BCUT2D eigenvalue weighted by Crippen LogP contribution is 2.12. The van der Waals surface area contributed by atoms with Crippen molar-refractivity contribution in [1.29, 1.82) is 0 Å². The summed E-state index contributed by atoms with van der Waals surface area (Å²) in [5, 5.41) is 3.62. The van der Waals surface area contributed by atoms with Gasteiger partial charge in [0.25, 0.3) is 0 Å². The van der Waals surface area contributed by atoms with Gasteiger partial charge in [-0.25, -0.2) is 0 Å². The molecule has 104 valence electrons. The van der Waals surface area contributed by atoms with Gasteiger partial charge in [-0.3, -0.25) is 4.90 Å². The van der Waals surface area contributed by atoms with Crippen molar-refractivity contribution in [3.63, 3.8) is 0 Å². The Hall–Kier alpha value is -0.120. The summed E-state index contributed by atoms with van der Waals surface area (Å²) in [7, 11) is 2.22. The predicted molar refractivity (Wildman–Crippen MR) is 75.6 cm³/mol. The predicted octanol–water partition coefficient (Wildman–Crippen LogP) is 2.51. The zero-order valence-corrected chi connectivity index (χ0v) is 12.5. The molecule has 0 rings (SSSR count). The molecule has 2 unspecified atom stereocenters. The van der Waals surface area contributed by atoms with Crippen molar-refractivity contribution in [2.24, 2.45) is 0 Å². The topological polar surface area (TPSA) is 24.5 Å². The van der Waals surface area contributed by atoms with Crippen molar-refractivity contribution in [3.8, 4) is 0 Å². The fourth-order valence-corrected chi connectivity index (χ4v) is 2.43. The van der Waals surface area contributed by atoms with Crippen LogP contribution in [0.4, 0.5) is 0 Å². The van der Waals surface area contributed by atoms with Crippen molar-refractivity contribution in [2.75, 3.05) is 33.4 Å². The Bertz CT molecular complexity index is 158. The van der Waals surface area contributed by atoms with Crippen molar-refractivity contribution in [2.45, 2.75) is 59.0 Å². The van der Waals surface area contributed by atoms with Crippen LogP contribution in [0, 0.1) is 0 Å². The number of likely N-dealkylation sites (N-methyl/N-ethyl adjacent to an activating group) is 2. The Kier molecular flexibility index (Phi) is 10.9. The molecule has 0 aromatic rings. The highest BCUT2D eigenvalue weighted by Gasteiger charge is 2.21. The number of hydrogen-bond donors (Lipinski definition) is 1. The molecule has 0 spiro atoms. The minimum atomic E-state index is 0.613. The largest absolute Gasteiger partial charge is 0.380 e. The Morgan fingerprint density at radius 1 is 1.18 bits per heavy atom. The molecule has 3 nitrogen and oxygen atoms in total. The van der Waals surface area contributed by atoms with Gasteiger partial charge >= 0.3 is 0 Å². The van der Waals surface area contributed by atoms with Gasteiger partial charge in [0.2, 0.25) is 0 Å². The number of nitrogens with one attached hydrogen (secondary N) is 1. The first-order valence-corrected chi connectivity index (χ1v) is 7.22. The Labute approximate surface area is 108 Å². The van der Waals surface area contributed by atoms with E-state index >= 15 is 0 Å². The second-order valence-corrected chi connectivity index (χ2v) is 4.61. The van der Waals surface area contributed by atoms with Crippen LogP contribution in [0.25, 0.3) is 0 Å². The number of rotatable bonds is 11. The quantitative estimate of drug-likeness (QED) is 0.565. The molecule has 0 aromatic heterocycles. The normalized spacial score (nSPS) is 15.2. The monoisotopic (exact) mass is 244 g/mol. The molecule has 0 amide bonds. The fourth-order valence-electron chi connectivity index (χ4n) is 2.43. The minimum absolute atomic E-state index is 0.613. The average molecular weight is 244 g/mol. The first-order valence-electron chi connectivity index (χ1n) is 7.22. The maximum atomic E-state index is 5.44. The molecule has 0 saturated heterocycles. The maximum absolute atomic E-state index is 5.44. The van der Waals surface area contributed by atoms with E-state index in [1.165, 1.54) is 19.3 Å². The molecule has 2 atom stereocenters. The summed E-state index contributed by atoms with van der Waals surface area (Å²) in [5.74, 6) is 0. The van der Waals surface area contributed by atoms with Crippen LogP contribution in [-0.4, -0.2) is 50.3 Å². The smallest absolute Gasteiger partial charge is 0.0593 e. The van der Waals surface area contributed by atoms with Crippen molar-refractivity contribution in [3.05, 3.63) is 0 Å². The number of hydrogen-bond acceptors (Lipinski definition) is 3. The molecule has 1 N–H and O–H groups in total. The number of ether oxygens (including phenoxy) is 1. The molecular weight excluding hydrogens is 212 g/mol. The van der Waals surface area contributed by atoms with E-state index in [9.17, 15) is 0 Å². The van der Waals surface area contributed by atoms with Gasteiger partial charge in [-0.1, -0.05) is 27.2 Å². The summed E-state index contributed by atoms with van der Waals surface area (Å²) < 4.78 is 5.44. The molecule has 0 aliphatic rings. The minimum Gasteiger partial charge on any atom is -0.380 e. The standard InChI is InChI=1S/C14H32N2O/c1-6-10-13(15-8-3)14(7-2)16(5)11-12-17-9-4/h13-15H,6-12H2,1-5H3. The van der Waals surface area contributed by atoms with Crippen LogP contribution in [0.2, 0.25) is 0 Å². The van der Waals surface area contributed by atoms with Crippen molar-refractivity contribution >= 4 is 0 Å². The van der Waals surface area contributed by atoms with Crippen LogP contribution in [0.1, 0.15) is 47.0 Å². The third-order valence-electron chi connectivity index (χ3n) is 3.31. The van der Waals surface area contributed by atoms with Gasteiger partial charge in [0.1, 0.15) is 0 Å². The van der Waals surface area contributed by atoms with E-state index in [0.29, 0.717) is 12.1 Å². The van der Waals surface area contributed by atoms with Crippen LogP contribution in [0.15, 0.2) is 0 Å². The van der Waals surface area contributed by atoms with Crippen LogP contribution in [0.5, 0.6) is 0 Å². The third-order valence-corrected chi connectivity index (χ3v) is 3.31. The van der Waals surface area contributed by atoms with Crippen LogP contribution >= 0.6 is 0 Å². The van der Waals surface area contributed by atoms with E-state index in [4.69, 9.17) is 4.74 Å². The Morgan fingerprint density at radius 3 is 2.35 bits per heavy atom. The van der Waals surface area contributed by atoms with Gasteiger partial charge in [-0.2, -0.15) is 0 Å². The zero-order chi connectivity index (χ0) is 13.1. The summed E-state index contributed by atoms with van der Waals surface area (Å²) in [6.45, 7) is 12.5. The molecular formula is C14H32N2O. The summed E-state index contributed by atoms with van der Waals surface area (Å²) in [5.41, 5.74) is 0. The second kappa shape index (κ2) is 11.0. The molecule has 17 heavy (non-hydrogen) atoms. The van der Waals surface area contributed by atoms with Crippen LogP contribution < -0.4 is 5.32 Å². The van der Waals surface area contributed by atoms with E-state index in [2.05, 4.69) is 45.0 Å². The average Bonchev–Trinajstić information content (AvgIpc) is 2.31. The first-order chi connectivity index (χ1) is 8.21. The molecule has 0 aromatic carbocycles. The van der Waals surface area contributed by atoms with Crippen LogP contribution in [0.3, 0.4) is 0 Å². The molecule has 0 bridgehead atoms. The Morgan fingerprint density at radius 2 is 1.88 bits per heavy atom. The molecule has 0 saturated carbocycles. The zero-order valence-electron chi connectivity index (χ0n) is 12.5. The van der Waals surface area contributed by atoms with E-state index in [-0.39, 0.29) is 0 Å². The van der Waals surface area contributed by atoms with E-state index < -0.39 is 0 Å². The lowest BCUT2D eigenvalue weighted by atomic mass is 9.99. The van der Waals surface area contributed by atoms with Gasteiger partial charge < -0.3 is 10.1 Å². The molecule has 0 heterocycles. The lowest BCUT2D eigenvalue weighted by Gasteiger charge is -2.34. The number of nitrogens with zero attached hydrogens (tertiary/aromatic N) is 1. The molecule has 0 aliphatic heterocycles. The van der Waals surface area contributed by atoms with E-state index in [1.54, 1.807) is 0 Å². The highest BCUT2D eigenvalue weighted by molar-refractivity contribution is 4.81. The molecule has 0 fully saturated rings. The molecule has 3 heteroatoms. The van der Waals surface area contributed by atoms with Gasteiger partial charge in [0.15, 0.2) is 0 Å². The third kappa shape index (κ3) is 7.02. The van der Waals surface area contributed by atoms with Crippen molar-refractivity contribution < 1.29 is 4.74 Å². The maximum Gasteiger partial charge on any atom is 0.0593 e. The highest BCUT2D eigenvalue weighted by atomic mass is 16.5. The second-order valence-electron chi connectivity index (χ2n) is 4.61. The van der Waals surface area contributed by atoms with Gasteiger partial charge in [-0.05, 0) is 33.4 Å². The summed E-state index contributed by atoms with van der Waals surface area (Å²) >= 11 is 0. The fraction of sp³-hybridized carbons (Fsp3) is 1.00. The summed E-state index contributed by atoms with van der Waals surface area (Å²) in [6.07, 6.45) is 3.69. The summed E-state index contributed by atoms with van der Waals surface area (Å²) in [6, 6.07) is 1.23. The van der Waals surface area contributed by atoms with Crippen LogP contribution in [-0.2, 0) is 4.74 Å². The summed E-state index contributed by atoms with van der Waals surface area (Å²) in [4.78, 5) is 2.44. The Balaban J connectivity index is 4.21. The van der Waals surface area contributed by atoms with Gasteiger partial charge in [0.05, 0.1) is 6.61 Å². The molecule has 0 aliphatic carbocycles. The SMILES string of the molecule is CCCC(NCC)C(CC)N(C)CCOCC. The van der Waals surface area contributed by atoms with Gasteiger partial charge in [0, 0.05) is 25.2 Å². The lowest BCUT2D eigenvalue weighted by Crippen LogP contribution is -2.49. The first kappa shape index (κ1) is 16.9. The van der Waals surface area contributed by atoms with E-state index in [0.717, 1.165) is 26.3 Å². The lowest BCUT2D eigenvalue weighted by molar-refractivity contribution is 0.0945.